The lowest BCUT2D eigenvalue weighted by atomic mass is 9.95. The number of hydrogen-bond donors (Lipinski definition) is 2. The van der Waals surface area contributed by atoms with Gasteiger partial charge < -0.3 is 19.7 Å². The average molecular weight is 403 g/mol. The minimum atomic E-state index is -0.840. The van der Waals surface area contributed by atoms with Crippen LogP contribution in [0.3, 0.4) is 0 Å². The molecular formula is C20H22FN3O5. The number of benzene rings is 1. The van der Waals surface area contributed by atoms with Crippen LogP contribution in [0.1, 0.15) is 36.0 Å². The third kappa shape index (κ3) is 4.18. The van der Waals surface area contributed by atoms with Gasteiger partial charge in [0, 0.05) is 31.1 Å². The molecule has 1 atom stereocenters. The minimum Gasteiger partial charge on any atom is -0.459 e. The number of carbonyl (C=O) groups excluding carboxylic acids is 3. The van der Waals surface area contributed by atoms with Gasteiger partial charge in [0.15, 0.2) is 0 Å². The number of piperidine rings is 2. The predicted octanol–water partition coefficient (Wildman–Crippen LogP) is 1.42. The third-order valence-electron chi connectivity index (χ3n) is 5.51. The van der Waals surface area contributed by atoms with Crippen LogP contribution in [0.2, 0.25) is 0 Å². The summed E-state index contributed by atoms with van der Waals surface area (Å²) in [4.78, 5) is 37.4. The summed E-state index contributed by atoms with van der Waals surface area (Å²) in [6.45, 7) is 1.46. The quantitative estimate of drug-likeness (QED) is 0.738. The molecule has 4 rings (SSSR count). The zero-order valence-corrected chi connectivity index (χ0v) is 15.7. The van der Waals surface area contributed by atoms with Crippen molar-refractivity contribution in [1.29, 1.82) is 0 Å². The smallest absolute Gasteiger partial charge is 0.254 e. The molecule has 0 radical (unpaired) electrons. The Labute approximate surface area is 167 Å². The van der Waals surface area contributed by atoms with Gasteiger partial charge in [-0.3, -0.25) is 19.7 Å². The topological polar surface area (TPSA) is 97.0 Å². The van der Waals surface area contributed by atoms with Crippen molar-refractivity contribution in [1.82, 2.24) is 10.6 Å². The molecule has 9 heteroatoms. The van der Waals surface area contributed by atoms with E-state index < -0.39 is 23.7 Å². The Morgan fingerprint density at radius 2 is 1.86 bits per heavy atom. The second kappa shape index (κ2) is 8.10. The van der Waals surface area contributed by atoms with Crippen LogP contribution in [0.25, 0.3) is 0 Å². The molecule has 2 saturated heterocycles. The highest BCUT2D eigenvalue weighted by molar-refractivity contribution is 6.03. The summed E-state index contributed by atoms with van der Waals surface area (Å²) in [5, 5.41) is 4.65. The molecule has 0 unspecified atom stereocenters. The van der Waals surface area contributed by atoms with Crippen LogP contribution >= 0.6 is 0 Å². The molecule has 3 amide bonds. The molecule has 3 aliphatic heterocycles. The molecule has 3 heterocycles. The van der Waals surface area contributed by atoms with E-state index in [1.165, 1.54) is 12.1 Å². The number of hydrogen-bond acceptors (Lipinski definition) is 6. The zero-order chi connectivity index (χ0) is 20.4. The van der Waals surface area contributed by atoms with Gasteiger partial charge in [-0.15, -0.1) is 0 Å². The van der Waals surface area contributed by atoms with Gasteiger partial charge in [0.2, 0.25) is 18.1 Å². The molecule has 2 fully saturated rings. The van der Waals surface area contributed by atoms with Crippen LogP contribution in [0.5, 0.6) is 0 Å². The fourth-order valence-electron chi connectivity index (χ4n) is 3.86. The van der Waals surface area contributed by atoms with Crippen LogP contribution in [-0.2, 0) is 19.1 Å². The molecule has 0 saturated carbocycles. The minimum absolute atomic E-state index is 0.132. The van der Waals surface area contributed by atoms with E-state index in [0.717, 1.165) is 25.9 Å². The highest BCUT2D eigenvalue weighted by Gasteiger charge is 2.31. The zero-order valence-electron chi connectivity index (χ0n) is 15.7. The average Bonchev–Trinajstić information content (AvgIpc) is 3.25. The van der Waals surface area contributed by atoms with Crippen molar-refractivity contribution < 1.29 is 28.2 Å². The van der Waals surface area contributed by atoms with Crippen LogP contribution in [0.15, 0.2) is 30.7 Å². The van der Waals surface area contributed by atoms with Crippen molar-refractivity contribution in [3.63, 3.8) is 0 Å². The maximum absolute atomic E-state index is 14.6. The molecule has 1 aromatic rings. The lowest BCUT2D eigenvalue weighted by Crippen LogP contribution is -2.52. The molecule has 2 N–H and O–H groups in total. The van der Waals surface area contributed by atoms with Crippen molar-refractivity contribution in [3.05, 3.63) is 42.1 Å². The predicted molar refractivity (Wildman–Crippen MR) is 100 cm³/mol. The number of anilines is 1. The van der Waals surface area contributed by atoms with Gasteiger partial charge in [-0.25, -0.2) is 4.39 Å². The summed E-state index contributed by atoms with van der Waals surface area (Å²) >= 11 is 0. The van der Waals surface area contributed by atoms with Gasteiger partial charge in [0.05, 0.1) is 5.56 Å². The molecule has 0 aliphatic carbocycles. The van der Waals surface area contributed by atoms with E-state index in [1.807, 2.05) is 0 Å². The molecule has 0 bridgehead atoms. The van der Waals surface area contributed by atoms with Gasteiger partial charge in [0.1, 0.15) is 24.4 Å². The summed E-state index contributed by atoms with van der Waals surface area (Å²) in [7, 11) is 0. The van der Waals surface area contributed by atoms with E-state index in [9.17, 15) is 18.8 Å². The van der Waals surface area contributed by atoms with Gasteiger partial charge in [-0.2, -0.15) is 0 Å². The van der Waals surface area contributed by atoms with Gasteiger partial charge in [-0.05, 0) is 37.5 Å². The number of imide groups is 1. The van der Waals surface area contributed by atoms with E-state index in [0.29, 0.717) is 5.69 Å². The second-order valence-corrected chi connectivity index (χ2v) is 7.38. The fraction of sp³-hybridized carbons (Fsp3) is 0.450. The molecule has 0 aromatic heterocycles. The molecule has 3 aliphatic rings. The van der Waals surface area contributed by atoms with Crippen LogP contribution in [0.4, 0.5) is 10.1 Å². The van der Waals surface area contributed by atoms with E-state index in [1.54, 1.807) is 18.6 Å². The van der Waals surface area contributed by atoms with Crippen molar-refractivity contribution in [2.45, 2.75) is 38.0 Å². The largest absolute Gasteiger partial charge is 0.459 e. The second-order valence-electron chi connectivity index (χ2n) is 7.38. The standard InChI is InChI=1S/C20H22FN3O5/c21-15-11-13(24-7-5-12(6-8-24)20-28-9-10-29-20)1-2-14(15)18(26)22-16-3-4-17(25)23-19(16)27/h1-2,9-12,16,20H,3-8H2,(H,22,26)(H,23,25,27)/t16-/m0/s1. The lowest BCUT2D eigenvalue weighted by molar-refractivity contribution is -0.134. The lowest BCUT2D eigenvalue weighted by Gasteiger charge is -2.35. The summed E-state index contributed by atoms with van der Waals surface area (Å²) in [5.41, 5.74) is 0.567. The number of nitrogens with one attached hydrogen (secondary N) is 2. The van der Waals surface area contributed by atoms with E-state index in [-0.39, 0.29) is 36.5 Å². The number of halogens is 1. The van der Waals surface area contributed by atoms with Gasteiger partial charge >= 0.3 is 0 Å². The number of ether oxygens (including phenoxy) is 2. The third-order valence-corrected chi connectivity index (χ3v) is 5.51. The van der Waals surface area contributed by atoms with E-state index >= 15 is 0 Å². The Balaban J connectivity index is 1.36. The van der Waals surface area contributed by atoms with Crippen molar-refractivity contribution in [2.75, 3.05) is 18.0 Å². The SMILES string of the molecule is O=C1CC[C@H](NC(=O)c2ccc(N3CCC(C4OC=CO4)CC3)cc2F)C(=O)N1. The van der Waals surface area contributed by atoms with Gasteiger partial charge in [-0.1, -0.05) is 0 Å². The monoisotopic (exact) mass is 403 g/mol. The highest BCUT2D eigenvalue weighted by atomic mass is 19.1. The van der Waals surface area contributed by atoms with Crippen molar-refractivity contribution in [2.24, 2.45) is 5.92 Å². The van der Waals surface area contributed by atoms with Crippen molar-refractivity contribution >= 4 is 23.4 Å². The van der Waals surface area contributed by atoms with E-state index in [2.05, 4.69) is 15.5 Å². The molecular weight excluding hydrogens is 381 g/mol. The normalized spacial score (nSPS) is 22.8. The molecule has 154 valence electrons. The summed E-state index contributed by atoms with van der Waals surface area (Å²) in [6, 6.07) is 3.62. The van der Waals surface area contributed by atoms with E-state index in [4.69, 9.17) is 9.47 Å². The molecule has 29 heavy (non-hydrogen) atoms. The van der Waals surface area contributed by atoms with Crippen molar-refractivity contribution in [3.8, 4) is 0 Å². The Kier molecular flexibility index (Phi) is 5.37. The Bertz CT molecular complexity index is 843. The van der Waals surface area contributed by atoms with Crippen LogP contribution in [-0.4, -0.2) is 43.1 Å². The summed E-state index contributed by atoms with van der Waals surface area (Å²) in [6.07, 6.45) is 4.90. The van der Waals surface area contributed by atoms with Gasteiger partial charge in [0.25, 0.3) is 5.91 Å². The molecule has 0 spiro atoms. The number of carbonyl (C=O) groups is 3. The highest BCUT2D eigenvalue weighted by Crippen LogP contribution is 2.29. The summed E-state index contributed by atoms with van der Waals surface area (Å²) < 4.78 is 25.4. The molecule has 8 nitrogen and oxygen atoms in total. The maximum Gasteiger partial charge on any atom is 0.254 e. The maximum atomic E-state index is 14.6. The number of nitrogens with zero attached hydrogens (tertiary/aromatic N) is 1. The van der Waals surface area contributed by atoms with Crippen LogP contribution < -0.4 is 15.5 Å². The van der Waals surface area contributed by atoms with Crippen LogP contribution in [0, 0.1) is 11.7 Å². The number of amides is 3. The Hall–Kier alpha value is -3.10. The molecule has 1 aromatic carbocycles. The Morgan fingerprint density at radius 3 is 2.52 bits per heavy atom. The summed E-state index contributed by atoms with van der Waals surface area (Å²) in [5.74, 6) is -1.99. The fourth-order valence-corrected chi connectivity index (χ4v) is 3.86. The number of rotatable bonds is 4. The first-order valence-electron chi connectivity index (χ1n) is 9.66. The first-order chi connectivity index (χ1) is 14.0. The first-order valence-corrected chi connectivity index (χ1v) is 9.66. The Morgan fingerprint density at radius 1 is 1.14 bits per heavy atom. The first kappa shape index (κ1) is 19.2.